The number of alkyl carbamates (subject to hydrolysis) is 1. The van der Waals surface area contributed by atoms with E-state index in [9.17, 15) is 18.0 Å². The smallest absolute Gasteiger partial charge is 0.416 e. The summed E-state index contributed by atoms with van der Waals surface area (Å²) in [6.45, 7) is 7.18. The van der Waals surface area contributed by atoms with Crippen LogP contribution in [0.4, 0.5) is 23.7 Å². The van der Waals surface area contributed by atoms with Gasteiger partial charge in [-0.1, -0.05) is 0 Å². The largest absolute Gasteiger partial charge is 0.444 e. The van der Waals surface area contributed by atoms with Crippen LogP contribution in [0, 0.1) is 0 Å². The lowest BCUT2D eigenvalue weighted by atomic mass is 10.2. The van der Waals surface area contributed by atoms with Gasteiger partial charge in [0.15, 0.2) is 0 Å². The van der Waals surface area contributed by atoms with E-state index in [2.05, 4.69) is 26.6 Å². The molecule has 0 bridgehead atoms. The third kappa shape index (κ3) is 7.11. The summed E-state index contributed by atoms with van der Waals surface area (Å²) in [5.74, 6) is 0. The van der Waals surface area contributed by atoms with Gasteiger partial charge in [0.2, 0.25) is 0 Å². The molecule has 1 amide bonds. The Hall–Kier alpha value is -1.44. The zero-order valence-electron chi connectivity index (χ0n) is 13.3. The number of carbonyl (C=O) groups is 1. The van der Waals surface area contributed by atoms with Crippen LogP contribution in [0.3, 0.4) is 0 Å². The molecule has 1 unspecified atom stereocenters. The summed E-state index contributed by atoms with van der Waals surface area (Å²) in [5, 5.41) is 5.49. The maximum Gasteiger partial charge on any atom is 0.416 e. The van der Waals surface area contributed by atoms with Gasteiger partial charge < -0.3 is 15.4 Å². The van der Waals surface area contributed by atoms with Crippen molar-refractivity contribution in [1.29, 1.82) is 0 Å². The zero-order chi connectivity index (χ0) is 17.8. The second kappa shape index (κ2) is 7.42. The summed E-state index contributed by atoms with van der Waals surface area (Å²) in [5.41, 5.74) is -1.04. The second-order valence-corrected chi connectivity index (χ2v) is 6.97. The summed E-state index contributed by atoms with van der Waals surface area (Å²) in [6.07, 6.45) is -4.98. The van der Waals surface area contributed by atoms with E-state index >= 15 is 0 Å². The van der Waals surface area contributed by atoms with Crippen LogP contribution in [0.15, 0.2) is 22.7 Å². The maximum atomic E-state index is 12.7. The van der Waals surface area contributed by atoms with Crippen molar-refractivity contribution >= 4 is 27.7 Å². The van der Waals surface area contributed by atoms with E-state index in [1.54, 1.807) is 27.7 Å². The van der Waals surface area contributed by atoms with Crippen molar-refractivity contribution < 1.29 is 22.7 Å². The van der Waals surface area contributed by atoms with Crippen LogP contribution in [0.5, 0.6) is 0 Å². The van der Waals surface area contributed by atoms with Gasteiger partial charge in [-0.25, -0.2) is 4.79 Å². The van der Waals surface area contributed by atoms with Crippen LogP contribution in [0.2, 0.25) is 0 Å². The van der Waals surface area contributed by atoms with Crippen LogP contribution in [0.25, 0.3) is 0 Å². The fraction of sp³-hybridized carbons (Fsp3) is 0.533. The molecule has 0 aliphatic rings. The quantitative estimate of drug-likeness (QED) is 0.768. The Labute approximate surface area is 141 Å². The molecule has 1 aromatic rings. The van der Waals surface area contributed by atoms with E-state index in [4.69, 9.17) is 4.74 Å². The minimum atomic E-state index is -4.41. The number of amides is 1. The average molecular weight is 397 g/mol. The molecule has 8 heteroatoms. The van der Waals surface area contributed by atoms with Crippen LogP contribution in [0.1, 0.15) is 33.3 Å². The number of nitrogens with one attached hydrogen (secondary N) is 2. The fourth-order valence-corrected chi connectivity index (χ4v) is 2.04. The van der Waals surface area contributed by atoms with Crippen molar-refractivity contribution in [1.82, 2.24) is 5.32 Å². The first-order valence-corrected chi connectivity index (χ1v) is 7.78. The van der Waals surface area contributed by atoms with Gasteiger partial charge in [0.1, 0.15) is 5.60 Å². The molecule has 0 saturated heterocycles. The van der Waals surface area contributed by atoms with E-state index in [1.165, 1.54) is 6.07 Å². The molecular weight excluding hydrogens is 377 g/mol. The summed E-state index contributed by atoms with van der Waals surface area (Å²) < 4.78 is 43.8. The first-order chi connectivity index (χ1) is 10.4. The monoisotopic (exact) mass is 396 g/mol. The highest BCUT2D eigenvalue weighted by Gasteiger charge is 2.31. The minimum Gasteiger partial charge on any atom is -0.444 e. The molecule has 0 aromatic heterocycles. The normalized spacial score (nSPS) is 13.4. The lowest BCUT2D eigenvalue weighted by Gasteiger charge is -2.22. The topological polar surface area (TPSA) is 50.4 Å². The number of hydrogen-bond donors (Lipinski definition) is 2. The van der Waals surface area contributed by atoms with Crippen LogP contribution < -0.4 is 10.6 Å². The van der Waals surface area contributed by atoms with Gasteiger partial charge in [0.25, 0.3) is 0 Å². The molecule has 1 aromatic carbocycles. The minimum absolute atomic E-state index is 0.206. The van der Waals surface area contributed by atoms with Gasteiger partial charge in [0.05, 0.1) is 5.56 Å². The van der Waals surface area contributed by atoms with Gasteiger partial charge in [-0.15, -0.1) is 0 Å². The molecule has 2 N–H and O–H groups in total. The lowest BCUT2D eigenvalue weighted by molar-refractivity contribution is -0.137. The Kier molecular flexibility index (Phi) is 6.33. The van der Waals surface area contributed by atoms with Crippen molar-refractivity contribution in [2.45, 2.75) is 45.5 Å². The van der Waals surface area contributed by atoms with Gasteiger partial charge >= 0.3 is 12.3 Å². The molecule has 0 spiro atoms. The van der Waals surface area contributed by atoms with Crippen molar-refractivity contribution in [2.24, 2.45) is 0 Å². The highest BCUT2D eigenvalue weighted by atomic mass is 79.9. The predicted molar refractivity (Wildman–Crippen MR) is 86.5 cm³/mol. The van der Waals surface area contributed by atoms with Gasteiger partial charge in [-0.2, -0.15) is 13.2 Å². The molecule has 0 saturated carbocycles. The van der Waals surface area contributed by atoms with Gasteiger partial charge in [-0.3, -0.25) is 0 Å². The summed E-state index contributed by atoms with van der Waals surface area (Å²) in [7, 11) is 0. The molecule has 0 aliphatic carbocycles. The highest BCUT2D eigenvalue weighted by Crippen LogP contribution is 2.34. The molecule has 1 atom stereocenters. The molecule has 130 valence electrons. The van der Waals surface area contributed by atoms with Crippen molar-refractivity contribution in [3.8, 4) is 0 Å². The standard InChI is InChI=1S/C15H20BrF3N2O2/c1-9(8-20-13(22)23-14(2,3)4)21-12-7-10(15(17,18)19)5-6-11(12)16/h5-7,9,21H,8H2,1-4H3,(H,20,22). The Morgan fingerprint density at radius 1 is 1.30 bits per heavy atom. The molecule has 0 fully saturated rings. The molecule has 0 aliphatic heterocycles. The summed E-state index contributed by atoms with van der Waals surface area (Å²) in [6, 6.07) is 3.06. The molecule has 0 radical (unpaired) electrons. The van der Waals surface area contributed by atoms with Crippen LogP contribution in [-0.2, 0) is 10.9 Å². The second-order valence-electron chi connectivity index (χ2n) is 6.12. The van der Waals surface area contributed by atoms with Crippen molar-refractivity contribution in [3.05, 3.63) is 28.2 Å². The maximum absolute atomic E-state index is 12.7. The Morgan fingerprint density at radius 3 is 2.43 bits per heavy atom. The number of rotatable bonds is 4. The zero-order valence-corrected chi connectivity index (χ0v) is 14.9. The summed E-state index contributed by atoms with van der Waals surface area (Å²) in [4.78, 5) is 11.5. The number of ether oxygens (including phenoxy) is 1. The SMILES string of the molecule is CC(CNC(=O)OC(C)(C)C)Nc1cc(C(F)(F)F)ccc1Br. The molecule has 4 nitrogen and oxygen atoms in total. The van der Waals surface area contributed by atoms with E-state index in [1.807, 2.05) is 0 Å². The average Bonchev–Trinajstić information content (AvgIpc) is 2.35. The van der Waals surface area contributed by atoms with Crippen LogP contribution in [-0.4, -0.2) is 24.3 Å². The van der Waals surface area contributed by atoms with E-state index < -0.39 is 23.4 Å². The Balaban J connectivity index is 2.64. The number of alkyl halides is 3. The van der Waals surface area contributed by atoms with Gasteiger partial charge in [0, 0.05) is 22.7 Å². The van der Waals surface area contributed by atoms with Crippen molar-refractivity contribution in [3.63, 3.8) is 0 Å². The molecular formula is C15H20BrF3N2O2. The number of anilines is 1. The van der Waals surface area contributed by atoms with E-state index in [0.29, 0.717) is 10.2 Å². The first kappa shape index (κ1) is 19.6. The number of carbonyl (C=O) groups excluding carboxylic acids is 1. The highest BCUT2D eigenvalue weighted by molar-refractivity contribution is 9.10. The predicted octanol–water partition coefficient (Wildman–Crippen LogP) is 4.79. The fourth-order valence-electron chi connectivity index (χ4n) is 1.68. The van der Waals surface area contributed by atoms with Crippen molar-refractivity contribution in [2.75, 3.05) is 11.9 Å². The third-order valence-electron chi connectivity index (χ3n) is 2.65. The molecule has 0 heterocycles. The first-order valence-electron chi connectivity index (χ1n) is 6.98. The Bertz CT molecular complexity index is 557. The third-order valence-corrected chi connectivity index (χ3v) is 3.34. The van der Waals surface area contributed by atoms with E-state index in [-0.39, 0.29) is 12.6 Å². The summed E-state index contributed by atoms with van der Waals surface area (Å²) >= 11 is 3.20. The lowest BCUT2D eigenvalue weighted by Crippen LogP contribution is -2.38. The Morgan fingerprint density at radius 2 is 1.91 bits per heavy atom. The van der Waals surface area contributed by atoms with E-state index in [0.717, 1.165) is 12.1 Å². The molecule has 1 rings (SSSR count). The van der Waals surface area contributed by atoms with Crippen LogP contribution >= 0.6 is 15.9 Å². The number of halogens is 4. The molecule has 23 heavy (non-hydrogen) atoms. The number of benzene rings is 1. The van der Waals surface area contributed by atoms with Gasteiger partial charge in [-0.05, 0) is 61.8 Å². The number of hydrogen-bond acceptors (Lipinski definition) is 3.